The molecule has 0 atom stereocenters. The summed E-state index contributed by atoms with van der Waals surface area (Å²) in [5.41, 5.74) is 6.12. The molecule has 0 unspecified atom stereocenters. The van der Waals surface area contributed by atoms with Gasteiger partial charge in [-0.05, 0) is 16.6 Å². The van der Waals surface area contributed by atoms with Crippen LogP contribution >= 0.6 is 11.3 Å². The third kappa shape index (κ3) is 3.98. The fourth-order valence-electron chi connectivity index (χ4n) is 2.20. The maximum atomic E-state index is 3.74. The maximum Gasteiger partial charge on any atom is 0.0895 e. The Morgan fingerprint density at radius 1 is 1.00 bits per heavy atom. The summed E-state index contributed by atoms with van der Waals surface area (Å²) in [6, 6.07) is 14.9. The van der Waals surface area contributed by atoms with Crippen molar-refractivity contribution in [3.8, 4) is 0 Å². The molecule has 0 N–H and O–H groups in total. The fraction of sp³-hybridized carbons (Fsp3) is 0.278. The van der Waals surface area contributed by atoms with E-state index in [0.29, 0.717) is 0 Å². The summed E-state index contributed by atoms with van der Waals surface area (Å²) in [5, 5.41) is 3.54. The van der Waals surface area contributed by atoms with Crippen LogP contribution in [-0.4, -0.2) is 27.1 Å². The molecule has 0 aliphatic heterocycles. The number of nitrogens with zero attached hydrogens (tertiary/aromatic N) is 1. The van der Waals surface area contributed by atoms with E-state index in [1.54, 1.807) is 0 Å². The van der Waals surface area contributed by atoms with Crippen molar-refractivity contribution in [2.24, 2.45) is 0 Å². The van der Waals surface area contributed by atoms with Crippen LogP contribution in [0.2, 0.25) is 19.6 Å². The third-order valence-electron chi connectivity index (χ3n) is 3.26. The van der Waals surface area contributed by atoms with Gasteiger partial charge in [0.1, 0.15) is 0 Å². The molecule has 1 aromatic heterocycles. The van der Waals surface area contributed by atoms with Gasteiger partial charge in [0, 0.05) is 24.5 Å². The van der Waals surface area contributed by atoms with Crippen molar-refractivity contribution in [3.63, 3.8) is 0 Å². The van der Waals surface area contributed by atoms with Crippen molar-refractivity contribution in [3.05, 3.63) is 64.0 Å². The summed E-state index contributed by atoms with van der Waals surface area (Å²) in [7, 11) is 2.71. The van der Waals surface area contributed by atoms with Gasteiger partial charge < -0.3 is 4.90 Å². The van der Waals surface area contributed by atoms with Crippen molar-refractivity contribution < 1.29 is 0 Å². The Morgan fingerprint density at radius 3 is 2.14 bits per heavy atom. The third-order valence-corrected chi connectivity index (χ3v) is 6.22. The normalized spacial score (nSPS) is 10.9. The SMILES string of the molecule is CN(C)C(=C=C(c1cccs1)[Si](C)(C)C)c1ccccc1. The van der Waals surface area contributed by atoms with Crippen molar-refractivity contribution in [1.29, 1.82) is 0 Å². The minimum absolute atomic E-state index is 1.15. The summed E-state index contributed by atoms with van der Waals surface area (Å²) >= 11 is 1.81. The lowest BCUT2D eigenvalue weighted by molar-refractivity contribution is 0.593. The zero-order chi connectivity index (χ0) is 15.5. The molecule has 3 heteroatoms. The number of hydrogen-bond donors (Lipinski definition) is 0. The highest BCUT2D eigenvalue weighted by molar-refractivity contribution is 7.14. The Kier molecular flexibility index (Phi) is 4.89. The van der Waals surface area contributed by atoms with Crippen molar-refractivity contribution in [2.75, 3.05) is 14.1 Å². The van der Waals surface area contributed by atoms with E-state index in [9.17, 15) is 0 Å². The van der Waals surface area contributed by atoms with Crippen LogP contribution in [0.5, 0.6) is 0 Å². The first-order valence-electron chi connectivity index (χ1n) is 7.17. The molecule has 1 aromatic carbocycles. The van der Waals surface area contributed by atoms with Crippen LogP contribution in [0.3, 0.4) is 0 Å². The van der Waals surface area contributed by atoms with Crippen LogP contribution in [0.15, 0.2) is 53.6 Å². The van der Waals surface area contributed by atoms with Crippen molar-refractivity contribution in [1.82, 2.24) is 4.90 Å². The van der Waals surface area contributed by atoms with Gasteiger partial charge in [-0.25, -0.2) is 0 Å². The van der Waals surface area contributed by atoms with E-state index in [1.807, 2.05) is 11.3 Å². The Hall–Kier alpha value is -1.54. The Balaban J connectivity index is 2.71. The van der Waals surface area contributed by atoms with E-state index < -0.39 is 8.07 Å². The summed E-state index contributed by atoms with van der Waals surface area (Å²) in [5.74, 6) is 0. The molecular weight excluding hydrogens is 290 g/mol. The smallest absolute Gasteiger partial charge is 0.0895 e. The molecule has 1 nitrogen and oxygen atoms in total. The number of thiophene rings is 1. The molecule has 0 aliphatic carbocycles. The molecule has 21 heavy (non-hydrogen) atoms. The van der Waals surface area contributed by atoms with Gasteiger partial charge in [0.15, 0.2) is 0 Å². The second-order valence-corrected chi connectivity index (χ2v) is 12.3. The van der Waals surface area contributed by atoms with Gasteiger partial charge in [-0.2, -0.15) is 0 Å². The summed E-state index contributed by atoms with van der Waals surface area (Å²) in [6.45, 7) is 7.15. The molecule has 2 aromatic rings. The van der Waals surface area contributed by atoms with Gasteiger partial charge in [-0.3, -0.25) is 0 Å². The fourth-order valence-corrected chi connectivity index (χ4v) is 5.24. The second-order valence-electron chi connectivity index (χ2n) is 6.34. The molecule has 0 saturated heterocycles. The van der Waals surface area contributed by atoms with Gasteiger partial charge in [0.25, 0.3) is 0 Å². The van der Waals surface area contributed by atoms with E-state index in [0.717, 1.165) is 5.70 Å². The topological polar surface area (TPSA) is 3.24 Å². The highest BCUT2D eigenvalue weighted by atomic mass is 32.1. The molecule has 0 bridgehead atoms. The van der Waals surface area contributed by atoms with Crippen LogP contribution < -0.4 is 0 Å². The first-order valence-corrected chi connectivity index (χ1v) is 11.6. The van der Waals surface area contributed by atoms with E-state index in [2.05, 4.69) is 92.2 Å². The van der Waals surface area contributed by atoms with Gasteiger partial charge in [0.2, 0.25) is 0 Å². The predicted octanol–water partition coefficient (Wildman–Crippen LogP) is 5.21. The van der Waals surface area contributed by atoms with E-state index in [4.69, 9.17) is 0 Å². The lowest BCUT2D eigenvalue weighted by Crippen LogP contribution is -2.22. The second kappa shape index (κ2) is 6.48. The zero-order valence-electron chi connectivity index (χ0n) is 13.5. The van der Waals surface area contributed by atoms with E-state index in [1.165, 1.54) is 15.6 Å². The Bertz CT molecular complexity index is 642. The average molecular weight is 314 g/mol. The van der Waals surface area contributed by atoms with Crippen LogP contribution in [0, 0.1) is 0 Å². The average Bonchev–Trinajstić information content (AvgIpc) is 2.92. The summed E-state index contributed by atoms with van der Waals surface area (Å²) in [4.78, 5) is 3.51. The zero-order valence-corrected chi connectivity index (χ0v) is 15.3. The quantitative estimate of drug-likeness (QED) is 0.553. The molecule has 0 saturated carbocycles. The molecule has 0 fully saturated rings. The van der Waals surface area contributed by atoms with E-state index >= 15 is 0 Å². The number of hydrogen-bond acceptors (Lipinski definition) is 2. The molecule has 0 aliphatic rings. The van der Waals surface area contributed by atoms with Crippen LogP contribution in [0.4, 0.5) is 0 Å². The van der Waals surface area contributed by atoms with Crippen LogP contribution in [-0.2, 0) is 0 Å². The lowest BCUT2D eigenvalue weighted by Gasteiger charge is -2.20. The van der Waals surface area contributed by atoms with E-state index in [-0.39, 0.29) is 0 Å². The molecule has 1 heterocycles. The summed E-state index contributed by atoms with van der Waals surface area (Å²) < 4.78 is 0. The maximum absolute atomic E-state index is 3.74. The highest BCUT2D eigenvalue weighted by Crippen LogP contribution is 2.30. The van der Waals surface area contributed by atoms with Crippen molar-refractivity contribution >= 4 is 30.3 Å². The minimum atomic E-state index is -1.46. The first kappa shape index (κ1) is 15.8. The molecule has 0 radical (unpaired) electrons. The van der Waals surface area contributed by atoms with Crippen LogP contribution in [0.25, 0.3) is 10.9 Å². The van der Waals surface area contributed by atoms with Gasteiger partial charge >= 0.3 is 0 Å². The number of benzene rings is 1. The molecule has 2 rings (SSSR count). The molecular formula is C18H23NSSi. The standard InChI is InChI=1S/C18H23NSSi/c1-19(2)16(15-10-7-6-8-11-15)14-18(21(3,4)5)17-12-9-13-20-17/h6-13H,1-5H3. The monoisotopic (exact) mass is 313 g/mol. The minimum Gasteiger partial charge on any atom is -0.371 e. The molecule has 0 amide bonds. The molecule has 110 valence electrons. The van der Waals surface area contributed by atoms with Crippen molar-refractivity contribution in [2.45, 2.75) is 19.6 Å². The van der Waals surface area contributed by atoms with Gasteiger partial charge in [0.05, 0.1) is 13.8 Å². The van der Waals surface area contributed by atoms with Gasteiger partial charge in [-0.15, -0.1) is 11.3 Å². The van der Waals surface area contributed by atoms with Crippen LogP contribution in [0.1, 0.15) is 10.4 Å². The number of rotatable bonds is 4. The Morgan fingerprint density at radius 2 is 1.67 bits per heavy atom. The van der Waals surface area contributed by atoms with Gasteiger partial charge in [-0.1, -0.05) is 61.8 Å². The predicted molar refractivity (Wildman–Crippen MR) is 98.1 cm³/mol. The first-order chi connectivity index (χ1) is 9.89. The summed E-state index contributed by atoms with van der Waals surface area (Å²) in [6.07, 6.45) is 0. The molecule has 0 spiro atoms. The largest absolute Gasteiger partial charge is 0.371 e. The lowest BCUT2D eigenvalue weighted by atomic mass is 10.1. The highest BCUT2D eigenvalue weighted by Gasteiger charge is 2.22. The Labute approximate surface area is 133 Å².